The molecule has 0 spiro atoms. The standard InChI is InChI=1S/C15H21FN2O2/c1-17-10-3-5-11(6-4-10)18(2)15(20)13-8-7-12(19)9-14(13)16/h7-11,17,19H,3-6H2,1-2H3. The zero-order valence-electron chi connectivity index (χ0n) is 11.9. The lowest BCUT2D eigenvalue weighted by Crippen LogP contribution is -2.42. The number of nitrogens with one attached hydrogen (secondary N) is 1. The molecular weight excluding hydrogens is 259 g/mol. The van der Waals surface area contributed by atoms with E-state index < -0.39 is 5.82 Å². The van der Waals surface area contributed by atoms with Crippen LogP contribution in [0, 0.1) is 5.82 Å². The van der Waals surface area contributed by atoms with Crippen LogP contribution in [0.5, 0.6) is 5.75 Å². The monoisotopic (exact) mass is 280 g/mol. The van der Waals surface area contributed by atoms with Crippen molar-refractivity contribution >= 4 is 5.91 Å². The molecule has 0 aliphatic heterocycles. The highest BCUT2D eigenvalue weighted by atomic mass is 19.1. The summed E-state index contributed by atoms with van der Waals surface area (Å²) in [7, 11) is 3.67. The maximum atomic E-state index is 13.7. The summed E-state index contributed by atoms with van der Waals surface area (Å²) in [4.78, 5) is 13.9. The number of nitrogens with zero attached hydrogens (tertiary/aromatic N) is 1. The van der Waals surface area contributed by atoms with Crippen LogP contribution in [0.1, 0.15) is 36.0 Å². The van der Waals surface area contributed by atoms with E-state index in [-0.39, 0.29) is 23.3 Å². The van der Waals surface area contributed by atoms with Gasteiger partial charge in [0.05, 0.1) is 5.56 Å². The van der Waals surface area contributed by atoms with Crippen LogP contribution in [0.4, 0.5) is 4.39 Å². The minimum atomic E-state index is -0.675. The molecule has 0 atom stereocenters. The van der Waals surface area contributed by atoms with Gasteiger partial charge in [-0.3, -0.25) is 4.79 Å². The Morgan fingerprint density at radius 3 is 2.55 bits per heavy atom. The van der Waals surface area contributed by atoms with Crippen molar-refractivity contribution in [3.63, 3.8) is 0 Å². The van der Waals surface area contributed by atoms with E-state index in [4.69, 9.17) is 0 Å². The van der Waals surface area contributed by atoms with Gasteiger partial charge in [-0.05, 0) is 44.9 Å². The van der Waals surface area contributed by atoms with Crippen LogP contribution in [-0.2, 0) is 0 Å². The average molecular weight is 280 g/mol. The third-order valence-corrected chi connectivity index (χ3v) is 4.16. The molecule has 0 aromatic heterocycles. The van der Waals surface area contributed by atoms with Gasteiger partial charge in [-0.15, -0.1) is 0 Å². The van der Waals surface area contributed by atoms with Crippen molar-refractivity contribution in [3.05, 3.63) is 29.6 Å². The predicted molar refractivity (Wildman–Crippen MR) is 75.3 cm³/mol. The van der Waals surface area contributed by atoms with E-state index in [0.717, 1.165) is 31.7 Å². The number of hydrogen-bond donors (Lipinski definition) is 2. The molecule has 2 N–H and O–H groups in total. The number of aromatic hydroxyl groups is 1. The second-order valence-corrected chi connectivity index (χ2v) is 5.37. The van der Waals surface area contributed by atoms with Crippen LogP contribution in [0.25, 0.3) is 0 Å². The van der Waals surface area contributed by atoms with Crippen molar-refractivity contribution in [3.8, 4) is 5.75 Å². The minimum Gasteiger partial charge on any atom is -0.508 e. The van der Waals surface area contributed by atoms with E-state index in [2.05, 4.69) is 5.32 Å². The van der Waals surface area contributed by atoms with E-state index in [9.17, 15) is 14.3 Å². The number of amides is 1. The van der Waals surface area contributed by atoms with Crippen molar-refractivity contribution in [2.45, 2.75) is 37.8 Å². The molecule has 1 aromatic carbocycles. The van der Waals surface area contributed by atoms with Crippen molar-refractivity contribution in [1.29, 1.82) is 0 Å². The molecule has 1 saturated carbocycles. The van der Waals surface area contributed by atoms with Crippen molar-refractivity contribution in [2.24, 2.45) is 0 Å². The fraction of sp³-hybridized carbons (Fsp3) is 0.533. The van der Waals surface area contributed by atoms with Crippen LogP contribution in [-0.4, -0.2) is 42.1 Å². The maximum absolute atomic E-state index is 13.7. The third kappa shape index (κ3) is 3.10. The van der Waals surface area contributed by atoms with Gasteiger partial charge in [0.25, 0.3) is 5.91 Å². The SMILES string of the molecule is CNC1CCC(N(C)C(=O)c2ccc(O)cc2F)CC1. The topological polar surface area (TPSA) is 52.6 Å². The first kappa shape index (κ1) is 14.8. The van der Waals surface area contributed by atoms with Crippen molar-refractivity contribution in [2.75, 3.05) is 14.1 Å². The Kier molecular flexibility index (Phi) is 4.60. The molecule has 0 unspecified atom stereocenters. The van der Waals surface area contributed by atoms with Gasteiger partial charge in [-0.2, -0.15) is 0 Å². The van der Waals surface area contributed by atoms with Crippen LogP contribution >= 0.6 is 0 Å². The van der Waals surface area contributed by atoms with Gasteiger partial charge in [0.15, 0.2) is 0 Å². The quantitative estimate of drug-likeness (QED) is 0.892. The van der Waals surface area contributed by atoms with Crippen LogP contribution < -0.4 is 5.32 Å². The van der Waals surface area contributed by atoms with Gasteiger partial charge in [-0.25, -0.2) is 4.39 Å². The number of halogens is 1. The fourth-order valence-corrected chi connectivity index (χ4v) is 2.79. The van der Waals surface area contributed by atoms with E-state index in [1.807, 2.05) is 7.05 Å². The molecule has 0 bridgehead atoms. The molecule has 0 saturated heterocycles. The van der Waals surface area contributed by atoms with E-state index in [1.54, 1.807) is 11.9 Å². The molecule has 1 aliphatic carbocycles. The normalized spacial score (nSPS) is 22.6. The predicted octanol–water partition coefficient (Wildman–Crippen LogP) is 2.13. The number of hydrogen-bond acceptors (Lipinski definition) is 3. The summed E-state index contributed by atoms with van der Waals surface area (Å²) in [6.07, 6.45) is 3.90. The number of rotatable bonds is 3. The lowest BCUT2D eigenvalue weighted by atomic mass is 9.90. The number of carbonyl (C=O) groups is 1. The summed E-state index contributed by atoms with van der Waals surface area (Å²) in [6.45, 7) is 0. The molecule has 2 rings (SSSR count). The zero-order chi connectivity index (χ0) is 14.7. The van der Waals surface area contributed by atoms with Gasteiger partial charge in [0, 0.05) is 25.2 Å². The highest BCUT2D eigenvalue weighted by molar-refractivity contribution is 5.94. The highest BCUT2D eigenvalue weighted by Gasteiger charge is 2.27. The first-order valence-electron chi connectivity index (χ1n) is 6.96. The molecule has 1 aliphatic rings. The first-order chi connectivity index (χ1) is 9.52. The maximum Gasteiger partial charge on any atom is 0.256 e. The summed E-state index contributed by atoms with van der Waals surface area (Å²) < 4.78 is 13.7. The second-order valence-electron chi connectivity index (χ2n) is 5.37. The van der Waals surface area contributed by atoms with Crippen LogP contribution in [0.15, 0.2) is 18.2 Å². The van der Waals surface area contributed by atoms with E-state index in [0.29, 0.717) is 6.04 Å². The molecule has 4 nitrogen and oxygen atoms in total. The smallest absolute Gasteiger partial charge is 0.256 e. The second kappa shape index (κ2) is 6.22. The number of phenolic OH excluding ortho intramolecular Hbond substituents is 1. The van der Waals surface area contributed by atoms with Gasteiger partial charge >= 0.3 is 0 Å². The van der Waals surface area contributed by atoms with Gasteiger partial charge in [-0.1, -0.05) is 0 Å². The van der Waals surface area contributed by atoms with Crippen LogP contribution in [0.3, 0.4) is 0 Å². The summed E-state index contributed by atoms with van der Waals surface area (Å²) in [5.41, 5.74) is 0.0149. The number of benzene rings is 1. The van der Waals surface area contributed by atoms with Crippen LogP contribution in [0.2, 0.25) is 0 Å². The largest absolute Gasteiger partial charge is 0.508 e. The van der Waals surface area contributed by atoms with Gasteiger partial charge in [0.1, 0.15) is 11.6 Å². The number of carbonyl (C=O) groups excluding carboxylic acids is 1. The Morgan fingerprint density at radius 2 is 2.00 bits per heavy atom. The molecule has 110 valence electrons. The Balaban J connectivity index is 2.05. The molecule has 0 radical (unpaired) electrons. The van der Waals surface area contributed by atoms with Crippen molar-refractivity contribution in [1.82, 2.24) is 10.2 Å². The molecule has 5 heteroatoms. The summed E-state index contributed by atoms with van der Waals surface area (Å²) >= 11 is 0. The molecule has 0 heterocycles. The van der Waals surface area contributed by atoms with Gasteiger partial charge < -0.3 is 15.3 Å². The lowest BCUT2D eigenvalue weighted by molar-refractivity contribution is 0.0681. The molecule has 1 aromatic rings. The molecular formula is C15H21FN2O2. The van der Waals surface area contributed by atoms with E-state index >= 15 is 0 Å². The Labute approximate surface area is 118 Å². The van der Waals surface area contributed by atoms with E-state index in [1.165, 1.54) is 12.1 Å². The van der Waals surface area contributed by atoms with Crippen molar-refractivity contribution < 1.29 is 14.3 Å². The third-order valence-electron chi connectivity index (χ3n) is 4.16. The highest BCUT2D eigenvalue weighted by Crippen LogP contribution is 2.24. The minimum absolute atomic E-state index is 0.0149. The summed E-state index contributed by atoms with van der Waals surface area (Å²) in [6, 6.07) is 4.31. The van der Waals surface area contributed by atoms with Gasteiger partial charge in [0.2, 0.25) is 0 Å². The fourth-order valence-electron chi connectivity index (χ4n) is 2.79. The molecule has 1 fully saturated rings. The number of phenols is 1. The Bertz CT molecular complexity index is 485. The Hall–Kier alpha value is -1.62. The zero-order valence-corrected chi connectivity index (χ0v) is 11.9. The average Bonchev–Trinajstić information content (AvgIpc) is 2.46. The Morgan fingerprint density at radius 1 is 1.35 bits per heavy atom. The summed E-state index contributed by atoms with van der Waals surface area (Å²) in [5, 5.41) is 12.4. The molecule has 1 amide bonds. The lowest BCUT2D eigenvalue weighted by Gasteiger charge is -2.34. The first-order valence-corrected chi connectivity index (χ1v) is 6.96. The summed E-state index contributed by atoms with van der Waals surface area (Å²) in [5.74, 6) is -1.17. The molecule has 20 heavy (non-hydrogen) atoms.